The van der Waals surface area contributed by atoms with Crippen LogP contribution in [-0.4, -0.2) is 60.6 Å². The fourth-order valence-corrected chi connectivity index (χ4v) is 2.46. The van der Waals surface area contributed by atoms with E-state index in [0.29, 0.717) is 24.9 Å². The van der Waals surface area contributed by atoms with Gasteiger partial charge in [0.2, 0.25) is 5.91 Å². The number of likely N-dealkylation sites (N-methyl/N-ethyl adjacent to an activating group) is 1. The highest BCUT2D eigenvalue weighted by atomic mass is 16.3. The first kappa shape index (κ1) is 16.2. The zero-order valence-corrected chi connectivity index (χ0v) is 12.5. The molecule has 4 nitrogen and oxygen atoms in total. The lowest BCUT2D eigenvalue weighted by atomic mass is 9.88. The van der Waals surface area contributed by atoms with Gasteiger partial charge in [-0.2, -0.15) is 0 Å². The Morgan fingerprint density at radius 2 is 2.26 bits per heavy atom. The molecule has 0 spiro atoms. The molecule has 1 aliphatic rings. The fraction of sp³-hybridized carbons (Fsp3) is 0.800. The molecular weight excluding hydrogens is 240 g/mol. The van der Waals surface area contributed by atoms with Crippen molar-refractivity contribution >= 4 is 5.91 Å². The zero-order chi connectivity index (χ0) is 14.3. The molecule has 1 unspecified atom stereocenters. The van der Waals surface area contributed by atoms with Crippen LogP contribution in [0.15, 0.2) is 12.2 Å². The van der Waals surface area contributed by atoms with Crippen LogP contribution in [0.4, 0.5) is 0 Å². The number of carbonyl (C=O) groups is 1. The molecule has 0 aromatic rings. The summed E-state index contributed by atoms with van der Waals surface area (Å²) in [5, 5.41) is 8.79. The van der Waals surface area contributed by atoms with Gasteiger partial charge in [-0.05, 0) is 31.7 Å². The molecule has 1 fully saturated rings. The molecule has 1 rings (SSSR count). The third-order valence-corrected chi connectivity index (χ3v) is 3.87. The fourth-order valence-electron chi connectivity index (χ4n) is 2.46. The Labute approximate surface area is 117 Å². The first-order chi connectivity index (χ1) is 9.04. The van der Waals surface area contributed by atoms with Gasteiger partial charge >= 0.3 is 0 Å². The molecule has 0 aliphatic carbocycles. The van der Waals surface area contributed by atoms with E-state index in [-0.39, 0.29) is 12.5 Å². The summed E-state index contributed by atoms with van der Waals surface area (Å²) in [5.41, 5.74) is 0. The normalized spacial score (nSPS) is 20.7. The molecule has 0 radical (unpaired) electrons. The minimum Gasteiger partial charge on any atom is -0.395 e. The maximum absolute atomic E-state index is 12.1. The third kappa shape index (κ3) is 5.74. The quantitative estimate of drug-likeness (QED) is 0.740. The molecule has 110 valence electrons. The van der Waals surface area contributed by atoms with E-state index in [1.165, 1.54) is 6.42 Å². The van der Waals surface area contributed by atoms with Crippen LogP contribution in [-0.2, 0) is 4.79 Å². The monoisotopic (exact) mass is 268 g/mol. The number of aliphatic hydroxyl groups is 1. The van der Waals surface area contributed by atoms with Gasteiger partial charge in [-0.25, -0.2) is 0 Å². The second kappa shape index (κ2) is 8.33. The number of carbonyl (C=O) groups excluding carboxylic acids is 1. The molecule has 19 heavy (non-hydrogen) atoms. The lowest BCUT2D eigenvalue weighted by Crippen LogP contribution is -2.40. The number of hydrogen-bond acceptors (Lipinski definition) is 3. The maximum atomic E-state index is 12.1. The summed E-state index contributed by atoms with van der Waals surface area (Å²) in [6.45, 7) is 7.74. The zero-order valence-electron chi connectivity index (χ0n) is 12.5. The van der Waals surface area contributed by atoms with Gasteiger partial charge in [0.15, 0.2) is 0 Å². The number of amides is 1. The number of aliphatic hydroxyl groups excluding tert-OH is 1. The van der Waals surface area contributed by atoms with E-state index in [2.05, 4.69) is 13.8 Å². The van der Waals surface area contributed by atoms with Gasteiger partial charge in [0.25, 0.3) is 0 Å². The van der Waals surface area contributed by atoms with Crippen molar-refractivity contribution in [3.63, 3.8) is 0 Å². The second-order valence-corrected chi connectivity index (χ2v) is 5.82. The molecule has 1 amide bonds. The van der Waals surface area contributed by atoms with Crippen LogP contribution < -0.4 is 0 Å². The minimum atomic E-state index is 0.128. The molecule has 1 atom stereocenters. The number of hydrogen-bond donors (Lipinski definition) is 1. The lowest BCUT2D eigenvalue weighted by molar-refractivity contribution is -0.128. The summed E-state index contributed by atoms with van der Waals surface area (Å²) in [5.74, 6) is 1.42. The highest BCUT2D eigenvalue weighted by Crippen LogP contribution is 2.23. The van der Waals surface area contributed by atoms with Gasteiger partial charge in [-0.3, -0.25) is 4.79 Å². The third-order valence-electron chi connectivity index (χ3n) is 3.87. The average Bonchev–Trinajstić information content (AvgIpc) is 2.39. The summed E-state index contributed by atoms with van der Waals surface area (Å²) in [6.07, 6.45) is 5.92. The minimum absolute atomic E-state index is 0.128. The van der Waals surface area contributed by atoms with Gasteiger partial charge < -0.3 is 14.9 Å². The predicted molar refractivity (Wildman–Crippen MR) is 77.9 cm³/mol. The van der Waals surface area contributed by atoms with Crippen LogP contribution in [0.25, 0.3) is 0 Å². The van der Waals surface area contributed by atoms with E-state index >= 15 is 0 Å². The summed E-state index contributed by atoms with van der Waals surface area (Å²) in [7, 11) is 1.93. The van der Waals surface area contributed by atoms with Gasteiger partial charge in [0, 0.05) is 32.3 Å². The molecule has 0 aromatic carbocycles. The summed E-state index contributed by atoms with van der Waals surface area (Å²) in [4.78, 5) is 16.0. The highest BCUT2D eigenvalue weighted by molar-refractivity contribution is 5.87. The summed E-state index contributed by atoms with van der Waals surface area (Å²) >= 11 is 0. The van der Waals surface area contributed by atoms with Crippen molar-refractivity contribution < 1.29 is 9.90 Å². The number of nitrogens with zero attached hydrogens (tertiary/aromatic N) is 2. The topological polar surface area (TPSA) is 43.8 Å². The number of likely N-dealkylation sites (tertiary alicyclic amines) is 1. The Morgan fingerprint density at radius 3 is 2.89 bits per heavy atom. The van der Waals surface area contributed by atoms with Crippen molar-refractivity contribution in [3.05, 3.63) is 12.2 Å². The van der Waals surface area contributed by atoms with Gasteiger partial charge in [-0.1, -0.05) is 19.9 Å². The molecule has 0 bridgehead atoms. The van der Waals surface area contributed by atoms with Crippen LogP contribution >= 0.6 is 0 Å². The van der Waals surface area contributed by atoms with Crippen LogP contribution in [0.5, 0.6) is 0 Å². The molecular formula is C15H28N2O2. The van der Waals surface area contributed by atoms with E-state index < -0.39 is 0 Å². The Bertz CT molecular complexity index is 303. The Balaban J connectivity index is 2.38. The number of rotatable bonds is 6. The van der Waals surface area contributed by atoms with E-state index in [1.54, 1.807) is 6.08 Å². The van der Waals surface area contributed by atoms with Gasteiger partial charge in [0.05, 0.1) is 6.61 Å². The molecule has 1 heterocycles. The van der Waals surface area contributed by atoms with Crippen molar-refractivity contribution in [2.24, 2.45) is 11.8 Å². The maximum Gasteiger partial charge on any atom is 0.246 e. The van der Waals surface area contributed by atoms with Crippen LogP contribution in [0.3, 0.4) is 0 Å². The SMILES string of the molecule is CC(C)C1CCCN(C(=O)/C=C/CN(C)CCO)C1. The van der Waals surface area contributed by atoms with Crippen molar-refractivity contribution in [3.8, 4) is 0 Å². The van der Waals surface area contributed by atoms with Crippen molar-refractivity contribution in [2.45, 2.75) is 26.7 Å². The predicted octanol–water partition coefficient (Wildman–Crippen LogP) is 1.36. The Kier molecular flexibility index (Phi) is 7.10. The largest absolute Gasteiger partial charge is 0.395 e. The lowest BCUT2D eigenvalue weighted by Gasteiger charge is -2.34. The highest BCUT2D eigenvalue weighted by Gasteiger charge is 2.24. The first-order valence-corrected chi connectivity index (χ1v) is 7.29. The van der Waals surface area contributed by atoms with Crippen molar-refractivity contribution in [1.82, 2.24) is 9.80 Å². The standard InChI is InChI=1S/C15H28N2O2/c1-13(2)14-6-4-9-17(12-14)15(19)7-5-8-16(3)10-11-18/h5,7,13-14,18H,4,6,8-12H2,1-3H3/b7-5+. The van der Waals surface area contributed by atoms with E-state index in [4.69, 9.17) is 5.11 Å². The van der Waals surface area contributed by atoms with Gasteiger partial charge in [0.1, 0.15) is 0 Å². The van der Waals surface area contributed by atoms with E-state index in [1.807, 2.05) is 22.9 Å². The van der Waals surface area contributed by atoms with E-state index in [0.717, 1.165) is 19.5 Å². The van der Waals surface area contributed by atoms with Crippen LogP contribution in [0.1, 0.15) is 26.7 Å². The summed E-state index contributed by atoms with van der Waals surface area (Å²) in [6, 6.07) is 0. The molecule has 4 heteroatoms. The average molecular weight is 268 g/mol. The van der Waals surface area contributed by atoms with Crippen LogP contribution in [0, 0.1) is 11.8 Å². The van der Waals surface area contributed by atoms with Crippen molar-refractivity contribution in [1.29, 1.82) is 0 Å². The Morgan fingerprint density at radius 1 is 1.53 bits per heavy atom. The summed E-state index contributed by atoms with van der Waals surface area (Å²) < 4.78 is 0. The molecule has 1 aliphatic heterocycles. The molecule has 1 saturated heterocycles. The molecule has 0 saturated carbocycles. The smallest absolute Gasteiger partial charge is 0.246 e. The Hall–Kier alpha value is -0.870. The molecule has 0 aromatic heterocycles. The van der Waals surface area contributed by atoms with Crippen LogP contribution in [0.2, 0.25) is 0 Å². The second-order valence-electron chi connectivity index (χ2n) is 5.82. The molecule has 1 N–H and O–H groups in total. The van der Waals surface area contributed by atoms with E-state index in [9.17, 15) is 4.79 Å². The number of piperidine rings is 1. The first-order valence-electron chi connectivity index (χ1n) is 7.29. The van der Waals surface area contributed by atoms with Gasteiger partial charge in [-0.15, -0.1) is 0 Å². The van der Waals surface area contributed by atoms with Crippen molar-refractivity contribution in [2.75, 3.05) is 39.8 Å².